The molecule has 142 valence electrons. The Kier molecular flexibility index (Phi) is 4.38. The first-order valence-corrected chi connectivity index (χ1v) is 9.73. The summed E-state index contributed by atoms with van der Waals surface area (Å²) in [6.07, 6.45) is 0.597. The minimum Gasteiger partial charge on any atom is -0.467 e. The van der Waals surface area contributed by atoms with Gasteiger partial charge in [-0.2, -0.15) is 15.9 Å². The first-order valence-electron chi connectivity index (χ1n) is 8.79. The van der Waals surface area contributed by atoms with Crippen LogP contribution in [0.4, 0.5) is 10.2 Å². The molecule has 0 fully saturated rings. The summed E-state index contributed by atoms with van der Waals surface area (Å²) in [6, 6.07) is 8.67. The van der Waals surface area contributed by atoms with E-state index in [4.69, 9.17) is 9.47 Å². The van der Waals surface area contributed by atoms with Gasteiger partial charge in [0, 0.05) is 23.1 Å². The van der Waals surface area contributed by atoms with Gasteiger partial charge in [0.2, 0.25) is 0 Å². The van der Waals surface area contributed by atoms with Crippen molar-refractivity contribution in [3.8, 4) is 17.1 Å². The van der Waals surface area contributed by atoms with Crippen LogP contribution in [0, 0.1) is 5.82 Å². The highest BCUT2D eigenvalue weighted by Gasteiger charge is 2.17. The molecule has 1 aromatic carbocycles. The van der Waals surface area contributed by atoms with E-state index in [9.17, 15) is 4.39 Å². The third kappa shape index (κ3) is 3.19. The second kappa shape index (κ2) is 7.17. The summed E-state index contributed by atoms with van der Waals surface area (Å²) in [5.41, 5.74) is 3.22. The number of aromatic nitrogens is 4. The predicted molar refractivity (Wildman–Crippen MR) is 103 cm³/mol. The van der Waals surface area contributed by atoms with Crippen molar-refractivity contribution in [3.05, 3.63) is 58.0 Å². The second-order valence-corrected chi connectivity index (χ2v) is 7.14. The highest BCUT2D eigenvalue weighted by atomic mass is 32.1. The van der Waals surface area contributed by atoms with Crippen molar-refractivity contribution >= 4 is 22.8 Å². The van der Waals surface area contributed by atoms with Crippen molar-refractivity contribution in [1.29, 1.82) is 0 Å². The van der Waals surface area contributed by atoms with Gasteiger partial charge in [0.25, 0.3) is 0 Å². The number of halogens is 1. The van der Waals surface area contributed by atoms with Crippen molar-refractivity contribution in [2.45, 2.75) is 13.0 Å². The molecule has 0 spiro atoms. The molecule has 1 aliphatic rings. The van der Waals surface area contributed by atoms with E-state index >= 15 is 0 Å². The average Bonchev–Trinajstić information content (AvgIpc) is 3.37. The number of thiophene rings is 1. The SMILES string of the molecule is Fc1cc(CCNc2ccc3nnc(-c4ccsc4)n3n2)c2c(c1)COCO2. The number of benzene rings is 1. The van der Waals surface area contributed by atoms with Gasteiger partial charge in [0.15, 0.2) is 18.3 Å². The molecule has 28 heavy (non-hydrogen) atoms. The van der Waals surface area contributed by atoms with Crippen LogP contribution in [0.5, 0.6) is 5.75 Å². The van der Waals surface area contributed by atoms with Crippen molar-refractivity contribution in [2.24, 2.45) is 0 Å². The number of nitrogens with one attached hydrogen (secondary N) is 1. The van der Waals surface area contributed by atoms with Crippen molar-refractivity contribution in [2.75, 3.05) is 18.7 Å². The minimum absolute atomic E-state index is 0.191. The van der Waals surface area contributed by atoms with Crippen LogP contribution in [-0.4, -0.2) is 33.1 Å². The Labute approximate surface area is 163 Å². The van der Waals surface area contributed by atoms with Crippen LogP contribution in [0.25, 0.3) is 17.0 Å². The number of anilines is 1. The summed E-state index contributed by atoms with van der Waals surface area (Å²) in [7, 11) is 0. The zero-order chi connectivity index (χ0) is 18.9. The first-order chi connectivity index (χ1) is 13.8. The van der Waals surface area contributed by atoms with E-state index in [1.807, 2.05) is 29.0 Å². The van der Waals surface area contributed by atoms with Crippen molar-refractivity contribution in [1.82, 2.24) is 19.8 Å². The molecule has 0 aliphatic carbocycles. The summed E-state index contributed by atoms with van der Waals surface area (Å²) in [5, 5.41) is 20.3. The Morgan fingerprint density at radius 1 is 1.21 bits per heavy atom. The molecule has 0 bridgehead atoms. The largest absolute Gasteiger partial charge is 0.467 e. The summed E-state index contributed by atoms with van der Waals surface area (Å²) in [5.74, 6) is 1.83. The minimum atomic E-state index is -0.285. The highest BCUT2D eigenvalue weighted by molar-refractivity contribution is 7.08. The second-order valence-electron chi connectivity index (χ2n) is 6.36. The van der Waals surface area contributed by atoms with Crippen LogP contribution in [0.15, 0.2) is 41.1 Å². The summed E-state index contributed by atoms with van der Waals surface area (Å²) < 4.78 is 26.4. The molecule has 4 aromatic rings. The molecule has 0 amide bonds. The number of rotatable bonds is 5. The van der Waals surface area contributed by atoms with E-state index in [0.29, 0.717) is 36.9 Å². The van der Waals surface area contributed by atoms with Gasteiger partial charge in [0.05, 0.1) is 6.61 Å². The van der Waals surface area contributed by atoms with Crippen LogP contribution < -0.4 is 10.1 Å². The monoisotopic (exact) mass is 397 g/mol. The maximum Gasteiger partial charge on any atom is 0.189 e. The molecule has 1 aliphatic heterocycles. The Hall–Kier alpha value is -3.04. The molecule has 3 aromatic heterocycles. The maximum atomic E-state index is 13.9. The molecule has 0 unspecified atom stereocenters. The zero-order valence-corrected chi connectivity index (χ0v) is 15.6. The van der Waals surface area contributed by atoms with E-state index in [1.165, 1.54) is 12.1 Å². The molecule has 1 N–H and O–H groups in total. The standard InChI is InChI=1S/C19H16FN5O2S/c20-15-7-12(18-14(8-15)9-26-11-27-18)3-5-21-16-1-2-17-22-23-19(25(17)24-16)13-4-6-28-10-13/h1-2,4,6-8,10H,3,5,9,11H2,(H,21,24). The summed E-state index contributed by atoms with van der Waals surface area (Å²) >= 11 is 1.60. The average molecular weight is 397 g/mol. The highest BCUT2D eigenvalue weighted by Crippen LogP contribution is 2.29. The molecular weight excluding hydrogens is 381 g/mol. The third-order valence-electron chi connectivity index (χ3n) is 4.49. The Balaban J connectivity index is 1.34. The number of fused-ring (bicyclic) bond motifs is 2. The van der Waals surface area contributed by atoms with Gasteiger partial charge in [0.1, 0.15) is 17.4 Å². The molecular formula is C19H16FN5O2S. The van der Waals surface area contributed by atoms with Crippen molar-refractivity contribution in [3.63, 3.8) is 0 Å². The van der Waals surface area contributed by atoms with Gasteiger partial charge in [-0.15, -0.1) is 15.3 Å². The summed E-state index contributed by atoms with van der Waals surface area (Å²) in [6.45, 7) is 1.13. The fraction of sp³-hybridized carbons (Fsp3) is 0.211. The Bertz CT molecular complexity index is 1130. The maximum absolute atomic E-state index is 13.9. The van der Waals surface area contributed by atoms with E-state index < -0.39 is 0 Å². The zero-order valence-electron chi connectivity index (χ0n) is 14.8. The lowest BCUT2D eigenvalue weighted by molar-refractivity contribution is -0.0172. The van der Waals surface area contributed by atoms with E-state index in [1.54, 1.807) is 15.9 Å². The molecule has 5 rings (SSSR count). The fourth-order valence-corrected chi connectivity index (χ4v) is 3.86. The molecule has 7 nitrogen and oxygen atoms in total. The van der Waals surface area contributed by atoms with Crippen LogP contribution in [0.1, 0.15) is 11.1 Å². The fourth-order valence-electron chi connectivity index (χ4n) is 3.22. The van der Waals surface area contributed by atoms with Crippen molar-refractivity contribution < 1.29 is 13.9 Å². The smallest absolute Gasteiger partial charge is 0.189 e. The molecule has 0 radical (unpaired) electrons. The summed E-state index contributed by atoms with van der Waals surface area (Å²) in [4.78, 5) is 0. The molecule has 0 atom stereocenters. The predicted octanol–water partition coefficient (Wildman–Crippen LogP) is 3.51. The van der Waals surface area contributed by atoms with Gasteiger partial charge >= 0.3 is 0 Å². The van der Waals surface area contributed by atoms with Gasteiger partial charge in [-0.1, -0.05) is 0 Å². The van der Waals surface area contributed by atoms with E-state index in [0.717, 1.165) is 22.4 Å². The quantitative estimate of drug-likeness (QED) is 0.556. The number of hydrogen-bond donors (Lipinski definition) is 1. The third-order valence-corrected chi connectivity index (χ3v) is 5.18. The van der Waals surface area contributed by atoms with Crippen LogP contribution in [0.2, 0.25) is 0 Å². The molecule has 0 saturated heterocycles. The van der Waals surface area contributed by atoms with Gasteiger partial charge in [-0.3, -0.25) is 0 Å². The van der Waals surface area contributed by atoms with Crippen LogP contribution >= 0.6 is 11.3 Å². The van der Waals surface area contributed by atoms with Gasteiger partial charge in [-0.05, 0) is 47.7 Å². The normalized spacial score (nSPS) is 13.3. The molecule has 4 heterocycles. The van der Waals surface area contributed by atoms with Gasteiger partial charge in [-0.25, -0.2) is 4.39 Å². The van der Waals surface area contributed by atoms with E-state index in [2.05, 4.69) is 20.6 Å². The lowest BCUT2D eigenvalue weighted by Crippen LogP contribution is -2.15. The first kappa shape index (κ1) is 17.1. The number of ether oxygens (including phenoxy) is 2. The number of nitrogens with zero attached hydrogens (tertiary/aromatic N) is 4. The van der Waals surface area contributed by atoms with Crippen LogP contribution in [0.3, 0.4) is 0 Å². The molecule has 0 saturated carbocycles. The Morgan fingerprint density at radius 2 is 2.18 bits per heavy atom. The Morgan fingerprint density at radius 3 is 3.07 bits per heavy atom. The lowest BCUT2D eigenvalue weighted by Gasteiger charge is -2.21. The molecule has 9 heteroatoms. The topological polar surface area (TPSA) is 73.6 Å². The number of hydrogen-bond acceptors (Lipinski definition) is 7. The van der Waals surface area contributed by atoms with Crippen LogP contribution in [-0.2, 0) is 17.8 Å². The van der Waals surface area contributed by atoms with Gasteiger partial charge < -0.3 is 14.8 Å². The van der Waals surface area contributed by atoms with E-state index in [-0.39, 0.29) is 12.6 Å². The lowest BCUT2D eigenvalue weighted by atomic mass is 10.1.